The lowest BCUT2D eigenvalue weighted by Crippen LogP contribution is -1.96. The number of nitro benzene ring substituents is 2. The van der Waals surface area contributed by atoms with Crippen LogP contribution in [-0.4, -0.2) is 30.5 Å². The molecule has 0 amide bonds. The molecule has 4 aromatic rings. The van der Waals surface area contributed by atoms with Crippen LogP contribution in [0.1, 0.15) is 0 Å². The lowest BCUT2D eigenvalue weighted by molar-refractivity contribution is -0.382. The van der Waals surface area contributed by atoms with E-state index in [0.717, 1.165) is 0 Å². The summed E-state index contributed by atoms with van der Waals surface area (Å²) in [5.41, 5.74) is 11.1. The van der Waals surface area contributed by atoms with E-state index in [4.69, 9.17) is 11.5 Å². The average molecular weight is 360 g/mol. The van der Waals surface area contributed by atoms with Gasteiger partial charge in [0.05, 0.1) is 9.85 Å². The van der Waals surface area contributed by atoms with Gasteiger partial charge in [-0.2, -0.15) is 0 Å². The fraction of sp³-hybridized carbons (Fsp3) is 0. The predicted molar refractivity (Wildman–Crippen MR) is 85.7 cm³/mol. The average Bonchev–Trinajstić information content (AvgIpc) is 3.22. The second kappa shape index (κ2) is 6.27. The Morgan fingerprint density at radius 3 is 1.46 bits per heavy atom. The number of fused-ring (bicyclic) bond motifs is 2. The van der Waals surface area contributed by atoms with Crippen molar-refractivity contribution in [2.75, 3.05) is 11.5 Å². The normalized spacial score (nSPS) is 10.5. The van der Waals surface area contributed by atoms with Crippen LogP contribution >= 0.6 is 0 Å². The first-order chi connectivity index (χ1) is 12.4. The van der Waals surface area contributed by atoms with Crippen LogP contribution in [0.15, 0.2) is 33.5 Å². The Balaban J connectivity index is 0.000000151. The number of benzene rings is 2. The van der Waals surface area contributed by atoms with Crippen molar-refractivity contribution in [1.29, 1.82) is 0 Å². The SMILES string of the molecule is Nc1ccc2nonc2c1[N+](=O)[O-].Nc1ccc2nonc2c1[N+](=O)[O-]. The minimum Gasteiger partial charge on any atom is -0.393 e. The van der Waals surface area contributed by atoms with Gasteiger partial charge in [-0.1, -0.05) is 0 Å². The highest BCUT2D eigenvalue weighted by molar-refractivity contribution is 5.90. The first-order valence-corrected chi connectivity index (χ1v) is 6.70. The number of aromatic nitrogens is 4. The van der Waals surface area contributed by atoms with E-state index in [-0.39, 0.29) is 33.8 Å². The molecule has 14 nitrogen and oxygen atoms in total. The molecule has 2 heterocycles. The van der Waals surface area contributed by atoms with Crippen molar-refractivity contribution in [3.8, 4) is 0 Å². The Morgan fingerprint density at radius 1 is 0.731 bits per heavy atom. The summed E-state index contributed by atoms with van der Waals surface area (Å²) in [4.78, 5) is 19.9. The van der Waals surface area contributed by atoms with Gasteiger partial charge in [-0.05, 0) is 44.9 Å². The van der Waals surface area contributed by atoms with E-state index in [1.807, 2.05) is 0 Å². The zero-order chi connectivity index (χ0) is 18.8. The number of rotatable bonds is 2. The summed E-state index contributed by atoms with van der Waals surface area (Å²) in [5, 5.41) is 34.8. The number of anilines is 2. The molecular weight excluding hydrogens is 352 g/mol. The number of nitro groups is 2. The first kappa shape index (κ1) is 16.5. The van der Waals surface area contributed by atoms with Crippen molar-refractivity contribution in [3.63, 3.8) is 0 Å². The highest BCUT2D eigenvalue weighted by atomic mass is 16.6. The van der Waals surface area contributed by atoms with Crippen LogP contribution in [0.3, 0.4) is 0 Å². The zero-order valence-electron chi connectivity index (χ0n) is 12.6. The van der Waals surface area contributed by atoms with E-state index in [9.17, 15) is 20.2 Å². The molecule has 0 aliphatic rings. The largest absolute Gasteiger partial charge is 0.393 e. The lowest BCUT2D eigenvalue weighted by atomic mass is 10.2. The molecule has 4 N–H and O–H groups in total. The number of hydrogen-bond donors (Lipinski definition) is 2. The summed E-state index contributed by atoms with van der Waals surface area (Å²) in [6.45, 7) is 0. The Morgan fingerprint density at radius 2 is 1.12 bits per heavy atom. The van der Waals surface area contributed by atoms with Gasteiger partial charge in [0.2, 0.25) is 11.0 Å². The van der Waals surface area contributed by atoms with Crippen LogP contribution in [0.4, 0.5) is 22.7 Å². The molecule has 14 heteroatoms. The van der Waals surface area contributed by atoms with Gasteiger partial charge >= 0.3 is 11.4 Å². The van der Waals surface area contributed by atoms with E-state index in [1.54, 1.807) is 0 Å². The molecule has 0 bridgehead atoms. The molecule has 0 radical (unpaired) electrons. The van der Waals surface area contributed by atoms with Crippen LogP contribution in [0, 0.1) is 20.2 Å². The van der Waals surface area contributed by atoms with Crippen molar-refractivity contribution in [3.05, 3.63) is 44.5 Å². The van der Waals surface area contributed by atoms with Crippen LogP contribution in [0.25, 0.3) is 22.1 Å². The van der Waals surface area contributed by atoms with Crippen molar-refractivity contribution < 1.29 is 19.1 Å². The smallest absolute Gasteiger partial charge is 0.323 e. The van der Waals surface area contributed by atoms with Crippen LogP contribution < -0.4 is 11.5 Å². The summed E-state index contributed by atoms with van der Waals surface area (Å²) in [6, 6.07) is 5.80. The molecule has 0 aliphatic carbocycles. The Bertz CT molecular complexity index is 1050. The van der Waals surface area contributed by atoms with Gasteiger partial charge in [-0.25, -0.2) is 9.26 Å². The fourth-order valence-electron chi connectivity index (χ4n) is 2.09. The van der Waals surface area contributed by atoms with Crippen LogP contribution in [0.5, 0.6) is 0 Å². The molecule has 0 atom stereocenters. The maximum absolute atomic E-state index is 10.5. The Labute approximate surface area is 141 Å². The molecule has 26 heavy (non-hydrogen) atoms. The number of nitrogens with two attached hydrogens (primary N) is 2. The molecule has 4 rings (SSSR count). The van der Waals surface area contributed by atoms with Gasteiger partial charge in [-0.15, -0.1) is 0 Å². The second-order valence-corrected chi connectivity index (χ2v) is 4.78. The summed E-state index contributed by atoms with van der Waals surface area (Å²) >= 11 is 0. The van der Waals surface area contributed by atoms with E-state index in [2.05, 4.69) is 29.9 Å². The van der Waals surface area contributed by atoms with E-state index in [1.165, 1.54) is 24.3 Å². The monoisotopic (exact) mass is 360 g/mol. The number of nitrogen functional groups attached to an aromatic ring is 2. The molecule has 0 unspecified atom stereocenters. The Hall–Kier alpha value is -4.36. The summed E-state index contributed by atoms with van der Waals surface area (Å²) in [5.74, 6) is 0. The minimum absolute atomic E-state index is 0.0493. The lowest BCUT2D eigenvalue weighted by Gasteiger charge is -1.94. The highest BCUT2D eigenvalue weighted by Crippen LogP contribution is 2.29. The third-order valence-electron chi connectivity index (χ3n) is 3.23. The zero-order valence-corrected chi connectivity index (χ0v) is 12.6. The van der Waals surface area contributed by atoms with E-state index in [0.29, 0.717) is 11.0 Å². The second-order valence-electron chi connectivity index (χ2n) is 4.78. The van der Waals surface area contributed by atoms with Gasteiger partial charge in [-0.3, -0.25) is 20.2 Å². The molecule has 0 fully saturated rings. The minimum atomic E-state index is -0.609. The maximum Gasteiger partial charge on any atom is 0.323 e. The number of hydrogen-bond acceptors (Lipinski definition) is 12. The molecule has 0 spiro atoms. The van der Waals surface area contributed by atoms with E-state index < -0.39 is 9.85 Å². The molecule has 2 aromatic heterocycles. The van der Waals surface area contributed by atoms with Crippen molar-refractivity contribution in [1.82, 2.24) is 20.6 Å². The maximum atomic E-state index is 10.5. The summed E-state index contributed by atoms with van der Waals surface area (Å²) < 4.78 is 8.70. The third kappa shape index (κ3) is 2.77. The summed E-state index contributed by atoms with van der Waals surface area (Å²) in [6.07, 6.45) is 0. The molecule has 0 aliphatic heterocycles. The standard InChI is InChI=1S/2C6H4N4O3/c2*7-3-1-2-4-5(9-13-8-4)6(3)10(11)12/h2*1-2H,7H2. The number of nitrogens with zero attached hydrogens (tertiary/aromatic N) is 6. The topological polar surface area (TPSA) is 216 Å². The van der Waals surface area contributed by atoms with Crippen LogP contribution in [0.2, 0.25) is 0 Å². The van der Waals surface area contributed by atoms with Crippen molar-refractivity contribution in [2.45, 2.75) is 0 Å². The van der Waals surface area contributed by atoms with Gasteiger partial charge in [0, 0.05) is 0 Å². The molecular formula is C12H8N8O6. The third-order valence-corrected chi connectivity index (χ3v) is 3.23. The van der Waals surface area contributed by atoms with Gasteiger partial charge in [0.25, 0.3) is 0 Å². The van der Waals surface area contributed by atoms with Crippen molar-refractivity contribution in [2.24, 2.45) is 0 Å². The molecule has 2 aromatic carbocycles. The molecule has 0 saturated carbocycles. The van der Waals surface area contributed by atoms with Gasteiger partial charge in [0.1, 0.15) is 22.4 Å². The quantitative estimate of drug-likeness (QED) is 0.294. The Kier molecular flexibility index (Phi) is 3.98. The highest BCUT2D eigenvalue weighted by Gasteiger charge is 2.21. The van der Waals surface area contributed by atoms with Crippen LogP contribution in [-0.2, 0) is 0 Å². The summed E-state index contributed by atoms with van der Waals surface area (Å²) in [7, 11) is 0. The first-order valence-electron chi connectivity index (χ1n) is 6.70. The predicted octanol–water partition coefficient (Wildman–Crippen LogP) is 1.43. The van der Waals surface area contributed by atoms with E-state index >= 15 is 0 Å². The van der Waals surface area contributed by atoms with Gasteiger partial charge in [0.15, 0.2) is 0 Å². The molecule has 0 saturated heterocycles. The van der Waals surface area contributed by atoms with Gasteiger partial charge < -0.3 is 11.5 Å². The molecule has 132 valence electrons. The van der Waals surface area contributed by atoms with Crippen molar-refractivity contribution >= 4 is 44.8 Å². The fourth-order valence-corrected chi connectivity index (χ4v) is 2.09.